The molecule has 10 heavy (non-hydrogen) atoms. The summed E-state index contributed by atoms with van der Waals surface area (Å²) in [5.41, 5.74) is 0. The molecule has 0 bridgehead atoms. The average molecular weight is 145 g/mol. The van der Waals surface area contributed by atoms with E-state index in [2.05, 4.69) is 5.32 Å². The number of hydrogen-bond acceptors (Lipinski definition) is 3. The van der Waals surface area contributed by atoms with Crippen molar-refractivity contribution in [2.24, 2.45) is 0 Å². The zero-order valence-electron chi connectivity index (χ0n) is 5.58. The number of carboxylic acid groups (broad SMARTS) is 1. The Morgan fingerprint density at radius 1 is 1.60 bits per heavy atom. The van der Waals surface area contributed by atoms with Crippen LogP contribution in [0, 0.1) is 0 Å². The fourth-order valence-corrected chi connectivity index (χ4v) is 0.424. The zero-order valence-corrected chi connectivity index (χ0v) is 5.58. The maximum atomic E-state index is 9.87. The molecule has 0 aromatic heterocycles. The molecule has 3 N–H and O–H groups in total. The van der Waals surface area contributed by atoms with Crippen LogP contribution in [-0.2, 0) is 4.79 Å². The van der Waals surface area contributed by atoms with Gasteiger partial charge >= 0.3 is 5.97 Å². The molecule has 0 saturated heterocycles. The third kappa shape index (κ3) is 7.13. The molecule has 4 nitrogen and oxygen atoms in total. The van der Waals surface area contributed by atoms with Gasteiger partial charge in [0.15, 0.2) is 0 Å². The van der Waals surface area contributed by atoms with Crippen molar-refractivity contribution in [2.45, 2.75) is 0 Å². The van der Waals surface area contributed by atoms with E-state index >= 15 is 0 Å². The Morgan fingerprint density at radius 2 is 2.30 bits per heavy atom. The molecule has 0 unspecified atom stereocenters. The Morgan fingerprint density at radius 3 is 2.80 bits per heavy atom. The topological polar surface area (TPSA) is 69.6 Å². The average Bonchev–Trinajstić information content (AvgIpc) is 1.87. The van der Waals surface area contributed by atoms with Crippen LogP contribution in [-0.4, -0.2) is 35.9 Å². The quantitative estimate of drug-likeness (QED) is 0.350. The van der Waals surface area contributed by atoms with Gasteiger partial charge in [-0.05, 0) is 0 Å². The van der Waals surface area contributed by atoms with E-state index in [9.17, 15) is 4.79 Å². The molecule has 0 amide bonds. The molecule has 0 radical (unpaired) electrons. The van der Waals surface area contributed by atoms with Crippen LogP contribution in [0.15, 0.2) is 12.2 Å². The second-order valence-corrected chi connectivity index (χ2v) is 1.67. The van der Waals surface area contributed by atoms with Crippen LogP contribution >= 0.6 is 0 Å². The summed E-state index contributed by atoms with van der Waals surface area (Å²) in [4.78, 5) is 9.87. The van der Waals surface area contributed by atoms with Gasteiger partial charge in [0.1, 0.15) is 0 Å². The highest BCUT2D eigenvalue weighted by atomic mass is 16.4. The minimum absolute atomic E-state index is 0.0703. The second-order valence-electron chi connectivity index (χ2n) is 1.67. The molecule has 0 aliphatic rings. The number of carboxylic acids is 1. The van der Waals surface area contributed by atoms with E-state index < -0.39 is 5.97 Å². The first-order chi connectivity index (χ1) is 4.77. The number of aliphatic hydroxyl groups excluding tert-OH is 1. The molecular weight excluding hydrogens is 134 g/mol. The van der Waals surface area contributed by atoms with E-state index in [0.717, 1.165) is 6.08 Å². The number of carbonyl (C=O) groups is 1. The van der Waals surface area contributed by atoms with E-state index in [1.54, 1.807) is 0 Å². The minimum atomic E-state index is -0.953. The lowest BCUT2D eigenvalue weighted by Crippen LogP contribution is -2.17. The molecule has 0 rings (SSSR count). The third-order valence-corrected chi connectivity index (χ3v) is 0.811. The third-order valence-electron chi connectivity index (χ3n) is 0.811. The number of hydrogen-bond donors (Lipinski definition) is 3. The van der Waals surface area contributed by atoms with Crippen LogP contribution in [0.5, 0.6) is 0 Å². The molecule has 0 aromatic carbocycles. The lowest BCUT2D eigenvalue weighted by molar-refractivity contribution is -0.131. The SMILES string of the molecule is O=C(O)/C=C/CNCCO. The standard InChI is InChI=1S/C6H11NO3/c8-5-4-7-3-1-2-6(9)10/h1-2,7-8H,3-5H2,(H,9,10)/b2-1+. The van der Waals surface area contributed by atoms with E-state index in [1.165, 1.54) is 6.08 Å². The van der Waals surface area contributed by atoms with Crippen LogP contribution < -0.4 is 5.32 Å². The summed E-state index contributed by atoms with van der Waals surface area (Å²) < 4.78 is 0. The van der Waals surface area contributed by atoms with Crippen LogP contribution in [0.3, 0.4) is 0 Å². The lowest BCUT2D eigenvalue weighted by Gasteiger charge is -1.93. The first kappa shape index (κ1) is 9.13. The Hall–Kier alpha value is -0.870. The Balaban J connectivity index is 3.10. The largest absolute Gasteiger partial charge is 0.478 e. The van der Waals surface area contributed by atoms with Crippen molar-refractivity contribution in [1.82, 2.24) is 5.32 Å². The fourth-order valence-electron chi connectivity index (χ4n) is 0.424. The van der Waals surface area contributed by atoms with Crippen molar-refractivity contribution in [1.29, 1.82) is 0 Å². The number of aliphatic hydroxyl groups is 1. The molecule has 0 fully saturated rings. The van der Waals surface area contributed by atoms with E-state index in [4.69, 9.17) is 10.2 Å². The van der Waals surface area contributed by atoms with E-state index in [1.807, 2.05) is 0 Å². The maximum absolute atomic E-state index is 9.87. The number of rotatable bonds is 5. The van der Waals surface area contributed by atoms with Crippen LogP contribution in [0.4, 0.5) is 0 Å². The van der Waals surface area contributed by atoms with Gasteiger partial charge in [0.25, 0.3) is 0 Å². The molecule has 4 heteroatoms. The molecule has 0 saturated carbocycles. The van der Waals surface area contributed by atoms with E-state index in [0.29, 0.717) is 13.1 Å². The first-order valence-corrected chi connectivity index (χ1v) is 2.98. The lowest BCUT2D eigenvalue weighted by atomic mass is 10.5. The predicted molar refractivity (Wildman–Crippen MR) is 36.7 cm³/mol. The van der Waals surface area contributed by atoms with Crippen molar-refractivity contribution in [3.63, 3.8) is 0 Å². The number of aliphatic carboxylic acids is 1. The van der Waals surface area contributed by atoms with Gasteiger partial charge in [0.05, 0.1) is 6.61 Å². The van der Waals surface area contributed by atoms with Gasteiger partial charge in [-0.1, -0.05) is 6.08 Å². The molecule has 0 aliphatic carbocycles. The predicted octanol–water partition coefficient (Wildman–Crippen LogP) is -0.791. The molecule has 0 spiro atoms. The molecule has 0 aliphatic heterocycles. The zero-order chi connectivity index (χ0) is 7.82. The smallest absolute Gasteiger partial charge is 0.328 e. The van der Waals surface area contributed by atoms with Crippen LogP contribution in [0.1, 0.15) is 0 Å². The summed E-state index contributed by atoms with van der Waals surface area (Å²) in [7, 11) is 0. The van der Waals surface area contributed by atoms with Gasteiger partial charge < -0.3 is 15.5 Å². The highest BCUT2D eigenvalue weighted by molar-refractivity contribution is 5.79. The van der Waals surface area contributed by atoms with Gasteiger partial charge in [-0.25, -0.2) is 4.79 Å². The van der Waals surface area contributed by atoms with Gasteiger partial charge in [-0.3, -0.25) is 0 Å². The highest BCUT2D eigenvalue weighted by Crippen LogP contribution is 1.69. The van der Waals surface area contributed by atoms with Crippen molar-refractivity contribution < 1.29 is 15.0 Å². The monoisotopic (exact) mass is 145 g/mol. The van der Waals surface area contributed by atoms with Crippen molar-refractivity contribution in [2.75, 3.05) is 19.7 Å². The van der Waals surface area contributed by atoms with E-state index in [-0.39, 0.29) is 6.61 Å². The van der Waals surface area contributed by atoms with Crippen molar-refractivity contribution in [3.05, 3.63) is 12.2 Å². The normalized spacial score (nSPS) is 10.5. The first-order valence-electron chi connectivity index (χ1n) is 2.98. The van der Waals surface area contributed by atoms with Crippen molar-refractivity contribution in [3.8, 4) is 0 Å². The summed E-state index contributed by atoms with van der Waals surface area (Å²) in [6.45, 7) is 1.04. The van der Waals surface area contributed by atoms with Gasteiger partial charge in [0.2, 0.25) is 0 Å². The summed E-state index contributed by atoms with van der Waals surface area (Å²) >= 11 is 0. The van der Waals surface area contributed by atoms with Crippen LogP contribution in [0.25, 0.3) is 0 Å². The minimum Gasteiger partial charge on any atom is -0.478 e. The fraction of sp³-hybridized carbons (Fsp3) is 0.500. The maximum Gasteiger partial charge on any atom is 0.328 e. The molecular formula is C6H11NO3. The van der Waals surface area contributed by atoms with Gasteiger partial charge in [-0.2, -0.15) is 0 Å². The van der Waals surface area contributed by atoms with Gasteiger partial charge in [0, 0.05) is 19.2 Å². The summed E-state index contributed by atoms with van der Waals surface area (Å²) in [6.07, 6.45) is 2.54. The molecule has 0 heterocycles. The summed E-state index contributed by atoms with van der Waals surface area (Å²) in [6, 6.07) is 0. The highest BCUT2D eigenvalue weighted by Gasteiger charge is 1.83. The second kappa shape index (κ2) is 6.25. The Bertz CT molecular complexity index is 122. The summed E-state index contributed by atoms with van der Waals surface area (Å²) in [5.74, 6) is -0.953. The van der Waals surface area contributed by atoms with Crippen LogP contribution in [0.2, 0.25) is 0 Å². The van der Waals surface area contributed by atoms with Gasteiger partial charge in [-0.15, -0.1) is 0 Å². The number of nitrogens with one attached hydrogen (secondary N) is 1. The molecule has 0 atom stereocenters. The van der Waals surface area contributed by atoms with Crippen molar-refractivity contribution >= 4 is 5.97 Å². The Labute approximate surface area is 59.2 Å². The summed E-state index contributed by atoms with van der Waals surface area (Å²) in [5, 5.41) is 19.2. The Kier molecular flexibility index (Phi) is 5.71. The molecule has 58 valence electrons. The molecule has 0 aromatic rings.